The Kier molecular flexibility index (Phi) is 6.80. The molecule has 0 unspecified atom stereocenters. The predicted molar refractivity (Wildman–Crippen MR) is 121 cm³/mol. The van der Waals surface area contributed by atoms with Crippen molar-refractivity contribution in [3.05, 3.63) is 53.6 Å². The van der Waals surface area contributed by atoms with E-state index in [0.717, 1.165) is 26.2 Å². The van der Waals surface area contributed by atoms with Gasteiger partial charge in [-0.25, -0.2) is 13.1 Å². The Bertz CT molecular complexity index is 996. The molecule has 1 amide bonds. The first-order valence-corrected chi connectivity index (χ1v) is 11.6. The largest absolute Gasteiger partial charge is 0.368 e. The van der Waals surface area contributed by atoms with Crippen molar-refractivity contribution in [2.45, 2.75) is 24.7 Å². The van der Waals surface area contributed by atoms with Gasteiger partial charge in [-0.15, -0.1) is 0 Å². The number of sulfonamides is 1. The normalized spacial score (nSPS) is 15.4. The Balaban J connectivity index is 1.88. The second-order valence-electron chi connectivity index (χ2n) is 7.91. The monoisotopic (exact) mass is 430 g/mol. The third-order valence-corrected chi connectivity index (χ3v) is 6.90. The topological polar surface area (TPSA) is 81.7 Å². The van der Waals surface area contributed by atoms with E-state index in [-0.39, 0.29) is 10.8 Å². The summed E-state index contributed by atoms with van der Waals surface area (Å²) in [5.74, 6) is 0.0657. The van der Waals surface area contributed by atoms with Gasteiger partial charge in [0.15, 0.2) is 0 Å². The van der Waals surface area contributed by atoms with Gasteiger partial charge < -0.3 is 15.1 Å². The molecular weight excluding hydrogens is 400 g/mol. The minimum absolute atomic E-state index is 0.123. The van der Waals surface area contributed by atoms with Crippen LogP contribution in [0.3, 0.4) is 0 Å². The molecule has 8 heteroatoms. The van der Waals surface area contributed by atoms with Crippen LogP contribution in [-0.2, 0) is 10.0 Å². The van der Waals surface area contributed by atoms with Crippen molar-refractivity contribution < 1.29 is 13.2 Å². The summed E-state index contributed by atoms with van der Waals surface area (Å²) in [5, 5.41) is 2.85. The number of carbonyl (C=O) groups is 1. The van der Waals surface area contributed by atoms with Gasteiger partial charge in [-0.3, -0.25) is 4.79 Å². The van der Waals surface area contributed by atoms with Gasteiger partial charge in [-0.1, -0.05) is 26.0 Å². The first kappa shape index (κ1) is 22.3. The lowest BCUT2D eigenvalue weighted by Crippen LogP contribution is -2.45. The van der Waals surface area contributed by atoms with Crippen molar-refractivity contribution in [3.63, 3.8) is 0 Å². The van der Waals surface area contributed by atoms with Crippen LogP contribution < -0.4 is 14.9 Å². The third-order valence-electron chi connectivity index (χ3n) is 5.46. The maximum absolute atomic E-state index is 12.8. The lowest BCUT2D eigenvalue weighted by molar-refractivity contribution is 0.102. The highest BCUT2D eigenvalue weighted by molar-refractivity contribution is 7.89. The second-order valence-corrected chi connectivity index (χ2v) is 9.77. The molecule has 0 aliphatic carbocycles. The molecule has 7 nitrogen and oxygen atoms in total. The summed E-state index contributed by atoms with van der Waals surface area (Å²) in [6.45, 7) is 7.40. The number of piperazine rings is 1. The van der Waals surface area contributed by atoms with E-state index < -0.39 is 10.0 Å². The number of nitrogens with zero attached hydrogens (tertiary/aromatic N) is 2. The summed E-state index contributed by atoms with van der Waals surface area (Å²) >= 11 is 0. The summed E-state index contributed by atoms with van der Waals surface area (Å²) in [7, 11) is -0.295. The zero-order valence-corrected chi connectivity index (χ0v) is 18.8. The van der Waals surface area contributed by atoms with E-state index in [0.29, 0.717) is 22.9 Å². The Morgan fingerprint density at radius 3 is 2.20 bits per heavy atom. The number of carbonyl (C=O) groups excluding carboxylic acids is 1. The summed E-state index contributed by atoms with van der Waals surface area (Å²) in [4.78, 5) is 17.2. The van der Waals surface area contributed by atoms with Crippen molar-refractivity contribution in [1.29, 1.82) is 0 Å². The van der Waals surface area contributed by atoms with Crippen LogP contribution in [0.4, 0.5) is 11.4 Å². The first-order valence-electron chi connectivity index (χ1n) is 10.1. The Hall–Kier alpha value is -2.42. The van der Waals surface area contributed by atoms with Crippen molar-refractivity contribution in [2.75, 3.05) is 50.5 Å². The molecule has 1 saturated heterocycles. The summed E-state index contributed by atoms with van der Waals surface area (Å²) in [5.41, 5.74) is 2.78. The van der Waals surface area contributed by atoms with Crippen LogP contribution in [0.15, 0.2) is 47.4 Å². The molecule has 2 N–H and O–H groups in total. The Morgan fingerprint density at radius 2 is 1.63 bits per heavy atom. The van der Waals surface area contributed by atoms with Crippen LogP contribution in [-0.4, -0.2) is 59.5 Å². The average molecular weight is 431 g/mol. The van der Waals surface area contributed by atoms with Crippen molar-refractivity contribution >= 4 is 27.3 Å². The summed E-state index contributed by atoms with van der Waals surface area (Å²) < 4.78 is 27.7. The van der Waals surface area contributed by atoms with Gasteiger partial charge in [0.1, 0.15) is 4.90 Å². The average Bonchev–Trinajstić information content (AvgIpc) is 2.74. The van der Waals surface area contributed by atoms with E-state index in [4.69, 9.17) is 0 Å². The van der Waals surface area contributed by atoms with Gasteiger partial charge in [0.2, 0.25) is 10.0 Å². The molecule has 0 aromatic heterocycles. The molecule has 30 heavy (non-hydrogen) atoms. The van der Waals surface area contributed by atoms with Crippen LogP contribution in [0, 0.1) is 0 Å². The zero-order chi connectivity index (χ0) is 21.9. The van der Waals surface area contributed by atoms with Crippen LogP contribution in [0.2, 0.25) is 0 Å². The number of hydrogen-bond acceptors (Lipinski definition) is 5. The SMILES string of the molecule is CNS(=O)(=O)c1cc(C(=O)Nc2ccc(C(C)C)cc2)ccc1N1CCN(C)CC1. The highest BCUT2D eigenvalue weighted by Crippen LogP contribution is 2.28. The maximum Gasteiger partial charge on any atom is 0.255 e. The van der Waals surface area contributed by atoms with Crippen LogP contribution in [0.1, 0.15) is 35.7 Å². The summed E-state index contributed by atoms with van der Waals surface area (Å²) in [6, 6.07) is 12.5. The first-order chi connectivity index (χ1) is 14.2. The molecule has 1 fully saturated rings. The number of rotatable bonds is 6. The van der Waals surface area contributed by atoms with Gasteiger partial charge in [0.05, 0.1) is 5.69 Å². The number of benzene rings is 2. The van der Waals surface area contributed by atoms with Gasteiger partial charge in [0.25, 0.3) is 5.91 Å². The Labute approximate surface area is 179 Å². The van der Waals surface area contributed by atoms with Crippen LogP contribution in [0.25, 0.3) is 0 Å². The van der Waals surface area contributed by atoms with Crippen LogP contribution >= 0.6 is 0 Å². The van der Waals surface area contributed by atoms with Gasteiger partial charge in [-0.2, -0.15) is 0 Å². The highest BCUT2D eigenvalue weighted by atomic mass is 32.2. The van der Waals surface area contributed by atoms with Gasteiger partial charge >= 0.3 is 0 Å². The van der Waals surface area contributed by atoms with Crippen molar-refractivity contribution in [1.82, 2.24) is 9.62 Å². The molecule has 2 aromatic rings. The lowest BCUT2D eigenvalue weighted by atomic mass is 10.0. The molecule has 0 atom stereocenters. The van der Waals surface area contributed by atoms with E-state index in [1.165, 1.54) is 18.7 Å². The molecule has 0 radical (unpaired) electrons. The Morgan fingerprint density at radius 1 is 1.00 bits per heavy atom. The van der Waals surface area contributed by atoms with Gasteiger partial charge in [0, 0.05) is 37.4 Å². The third kappa shape index (κ3) is 5.00. The molecule has 2 aromatic carbocycles. The summed E-state index contributed by atoms with van der Waals surface area (Å²) in [6.07, 6.45) is 0. The molecule has 0 saturated carbocycles. The minimum Gasteiger partial charge on any atom is -0.368 e. The fraction of sp³-hybridized carbons (Fsp3) is 0.409. The fourth-order valence-corrected chi connectivity index (χ4v) is 4.42. The molecular formula is C22H30N4O3S. The minimum atomic E-state index is -3.72. The quantitative estimate of drug-likeness (QED) is 0.736. The maximum atomic E-state index is 12.8. The molecule has 1 aliphatic heterocycles. The van der Waals surface area contributed by atoms with Crippen molar-refractivity contribution in [2.24, 2.45) is 0 Å². The molecule has 0 bridgehead atoms. The fourth-order valence-electron chi connectivity index (χ4n) is 3.44. The van der Waals surface area contributed by atoms with Crippen LogP contribution in [0.5, 0.6) is 0 Å². The van der Waals surface area contributed by atoms with E-state index >= 15 is 0 Å². The molecule has 3 rings (SSSR count). The predicted octanol–water partition coefficient (Wildman–Crippen LogP) is 2.72. The zero-order valence-electron chi connectivity index (χ0n) is 18.0. The van der Waals surface area contributed by atoms with E-state index in [1.807, 2.05) is 31.3 Å². The smallest absolute Gasteiger partial charge is 0.255 e. The molecule has 1 heterocycles. The standard InChI is InChI=1S/C22H30N4O3S/c1-16(2)17-5-8-19(9-6-17)24-22(27)18-7-10-20(21(15-18)30(28,29)23-3)26-13-11-25(4)12-14-26/h5-10,15-16,23H,11-14H2,1-4H3,(H,24,27). The number of likely N-dealkylation sites (N-methyl/N-ethyl adjacent to an activating group) is 1. The van der Waals surface area contributed by atoms with Gasteiger partial charge in [-0.05, 0) is 55.9 Å². The number of amides is 1. The second kappa shape index (κ2) is 9.16. The molecule has 162 valence electrons. The number of hydrogen-bond donors (Lipinski definition) is 2. The number of anilines is 2. The van der Waals surface area contributed by atoms with E-state index in [2.05, 4.69) is 33.7 Å². The van der Waals surface area contributed by atoms with E-state index in [1.54, 1.807) is 12.1 Å². The molecule has 1 aliphatic rings. The number of nitrogens with one attached hydrogen (secondary N) is 2. The van der Waals surface area contributed by atoms with E-state index in [9.17, 15) is 13.2 Å². The lowest BCUT2D eigenvalue weighted by Gasteiger charge is -2.35. The van der Waals surface area contributed by atoms with Crippen molar-refractivity contribution in [3.8, 4) is 0 Å². The highest BCUT2D eigenvalue weighted by Gasteiger charge is 2.24. The molecule has 0 spiro atoms.